The summed E-state index contributed by atoms with van der Waals surface area (Å²) in [7, 11) is -2.15. The minimum Gasteiger partial charge on any atom is -0.383 e. The van der Waals surface area contributed by atoms with Gasteiger partial charge in [-0.25, -0.2) is 8.42 Å². The van der Waals surface area contributed by atoms with Gasteiger partial charge in [-0.1, -0.05) is 29.8 Å². The Bertz CT molecular complexity index is 858. The molecule has 1 amide bonds. The number of amides is 1. The number of hydrogen-bond donors (Lipinski definition) is 3. The number of carbonyl (C=O) groups is 1. The molecule has 2 aromatic rings. The van der Waals surface area contributed by atoms with E-state index in [1.807, 2.05) is 6.92 Å². The minimum absolute atomic E-state index is 0. The summed E-state index contributed by atoms with van der Waals surface area (Å²) in [6.07, 6.45) is 0. The molecule has 154 valence electrons. The first kappa shape index (κ1) is 23.9. The number of rotatable bonds is 10. The molecule has 0 radical (unpaired) electrons. The smallest absolute Gasteiger partial charge is 0.261 e. The molecular formula is C19H26ClN3O4S. The molecule has 7 nitrogen and oxygen atoms in total. The molecule has 0 aromatic heterocycles. The number of methoxy groups -OCH3 is 1. The Balaban J connectivity index is 0.00000392. The quantitative estimate of drug-likeness (QED) is 0.505. The zero-order valence-electron chi connectivity index (χ0n) is 15.9. The number of benzene rings is 2. The lowest BCUT2D eigenvalue weighted by molar-refractivity contribution is 0.0954. The molecule has 9 heteroatoms. The standard InChI is InChI=1S/C19H25N3O4S.ClH/c1-15-7-9-16(10-8-15)27(24,25)22-18-6-4-3-5-17(18)19(23)21-12-11-20-13-14-26-2;/h3-10,20,22H,11-14H2,1-2H3,(H,21,23);1H. The van der Waals surface area contributed by atoms with Gasteiger partial charge in [-0.05, 0) is 31.2 Å². The van der Waals surface area contributed by atoms with Crippen LogP contribution < -0.4 is 15.4 Å². The first-order valence-electron chi connectivity index (χ1n) is 8.60. The molecule has 0 aliphatic carbocycles. The second-order valence-electron chi connectivity index (χ2n) is 5.96. The van der Waals surface area contributed by atoms with Gasteiger partial charge < -0.3 is 15.4 Å². The van der Waals surface area contributed by atoms with Crippen molar-refractivity contribution in [3.63, 3.8) is 0 Å². The van der Waals surface area contributed by atoms with E-state index in [9.17, 15) is 13.2 Å². The molecule has 0 unspecified atom stereocenters. The van der Waals surface area contributed by atoms with Crippen LogP contribution in [-0.4, -0.2) is 47.7 Å². The van der Waals surface area contributed by atoms with E-state index in [2.05, 4.69) is 15.4 Å². The van der Waals surface area contributed by atoms with Crippen LogP contribution in [0.2, 0.25) is 0 Å². The van der Waals surface area contributed by atoms with Crippen LogP contribution in [0.3, 0.4) is 0 Å². The molecule has 0 aliphatic rings. The molecule has 0 atom stereocenters. The van der Waals surface area contributed by atoms with Crippen molar-refractivity contribution in [3.05, 3.63) is 59.7 Å². The summed E-state index contributed by atoms with van der Waals surface area (Å²) >= 11 is 0. The van der Waals surface area contributed by atoms with Crippen LogP contribution in [0.4, 0.5) is 5.69 Å². The molecule has 2 aromatic carbocycles. The largest absolute Gasteiger partial charge is 0.383 e. The highest BCUT2D eigenvalue weighted by Crippen LogP contribution is 2.20. The van der Waals surface area contributed by atoms with E-state index in [4.69, 9.17) is 4.74 Å². The lowest BCUT2D eigenvalue weighted by Crippen LogP contribution is -2.33. The first-order valence-corrected chi connectivity index (χ1v) is 10.1. The van der Waals surface area contributed by atoms with Crippen molar-refractivity contribution in [2.75, 3.05) is 38.1 Å². The highest BCUT2D eigenvalue weighted by atomic mass is 35.5. The van der Waals surface area contributed by atoms with Crippen LogP contribution >= 0.6 is 12.4 Å². The van der Waals surface area contributed by atoms with E-state index in [0.717, 1.165) is 5.56 Å². The third-order valence-corrected chi connectivity index (χ3v) is 5.20. The second kappa shape index (κ2) is 11.7. The lowest BCUT2D eigenvalue weighted by Gasteiger charge is -2.13. The molecule has 2 rings (SSSR count). The molecule has 0 bridgehead atoms. The predicted octanol–water partition coefficient (Wildman–Crippen LogP) is 2.18. The Labute approximate surface area is 172 Å². The number of para-hydroxylation sites is 1. The van der Waals surface area contributed by atoms with Gasteiger partial charge in [0.15, 0.2) is 0 Å². The number of hydrogen-bond acceptors (Lipinski definition) is 5. The first-order chi connectivity index (χ1) is 12.9. The van der Waals surface area contributed by atoms with Gasteiger partial charge in [0.2, 0.25) is 0 Å². The van der Waals surface area contributed by atoms with Gasteiger partial charge in [-0.3, -0.25) is 9.52 Å². The number of carbonyl (C=O) groups excluding carboxylic acids is 1. The average Bonchev–Trinajstić information content (AvgIpc) is 2.65. The number of sulfonamides is 1. The maximum Gasteiger partial charge on any atom is 0.261 e. The minimum atomic E-state index is -3.78. The van der Waals surface area contributed by atoms with E-state index in [1.54, 1.807) is 43.5 Å². The number of nitrogens with one attached hydrogen (secondary N) is 3. The van der Waals surface area contributed by atoms with Gasteiger partial charge >= 0.3 is 0 Å². The van der Waals surface area contributed by atoms with Gasteiger partial charge in [0, 0.05) is 26.7 Å². The monoisotopic (exact) mass is 427 g/mol. The zero-order valence-corrected chi connectivity index (χ0v) is 17.5. The third-order valence-electron chi connectivity index (χ3n) is 3.82. The summed E-state index contributed by atoms with van der Waals surface area (Å²) in [4.78, 5) is 12.6. The van der Waals surface area contributed by atoms with Crippen molar-refractivity contribution in [2.24, 2.45) is 0 Å². The molecule has 28 heavy (non-hydrogen) atoms. The fraction of sp³-hybridized carbons (Fsp3) is 0.316. The summed E-state index contributed by atoms with van der Waals surface area (Å²) in [5.41, 5.74) is 1.47. The van der Waals surface area contributed by atoms with E-state index >= 15 is 0 Å². The van der Waals surface area contributed by atoms with Crippen LogP contribution in [0.25, 0.3) is 0 Å². The van der Waals surface area contributed by atoms with Gasteiger partial charge in [0.25, 0.3) is 15.9 Å². The summed E-state index contributed by atoms with van der Waals surface area (Å²) < 4.78 is 32.6. The average molecular weight is 428 g/mol. The fourth-order valence-electron chi connectivity index (χ4n) is 2.35. The number of anilines is 1. The second-order valence-corrected chi connectivity index (χ2v) is 7.65. The maximum atomic E-state index is 12.6. The van der Waals surface area contributed by atoms with Crippen molar-refractivity contribution in [1.29, 1.82) is 0 Å². The summed E-state index contributed by atoms with van der Waals surface area (Å²) in [6, 6.07) is 13.0. The molecular weight excluding hydrogens is 402 g/mol. The molecule has 3 N–H and O–H groups in total. The molecule has 0 fully saturated rings. The predicted molar refractivity (Wildman–Crippen MR) is 113 cm³/mol. The molecule has 0 heterocycles. The van der Waals surface area contributed by atoms with Gasteiger partial charge in [0.05, 0.1) is 22.8 Å². The van der Waals surface area contributed by atoms with Crippen LogP contribution in [-0.2, 0) is 14.8 Å². The highest BCUT2D eigenvalue weighted by molar-refractivity contribution is 7.92. The van der Waals surface area contributed by atoms with Crippen LogP contribution in [0.15, 0.2) is 53.4 Å². The van der Waals surface area contributed by atoms with Gasteiger partial charge in [-0.15, -0.1) is 12.4 Å². The van der Waals surface area contributed by atoms with E-state index in [1.165, 1.54) is 12.1 Å². The van der Waals surface area contributed by atoms with E-state index in [-0.39, 0.29) is 34.5 Å². The molecule has 0 aliphatic heterocycles. The highest BCUT2D eigenvalue weighted by Gasteiger charge is 2.18. The maximum absolute atomic E-state index is 12.6. The lowest BCUT2D eigenvalue weighted by atomic mass is 10.1. The van der Waals surface area contributed by atoms with Gasteiger partial charge in [0.1, 0.15) is 0 Å². The van der Waals surface area contributed by atoms with Crippen LogP contribution in [0, 0.1) is 6.92 Å². The third kappa shape index (κ3) is 7.12. The summed E-state index contributed by atoms with van der Waals surface area (Å²) in [5.74, 6) is -0.342. The fourth-order valence-corrected chi connectivity index (χ4v) is 3.43. The van der Waals surface area contributed by atoms with Crippen molar-refractivity contribution in [3.8, 4) is 0 Å². The zero-order chi connectivity index (χ0) is 19.7. The van der Waals surface area contributed by atoms with Crippen molar-refractivity contribution < 1.29 is 17.9 Å². The van der Waals surface area contributed by atoms with Crippen LogP contribution in [0.5, 0.6) is 0 Å². The Morgan fingerprint density at radius 3 is 2.36 bits per heavy atom. The Morgan fingerprint density at radius 1 is 1.00 bits per heavy atom. The van der Waals surface area contributed by atoms with Gasteiger partial charge in [-0.2, -0.15) is 0 Å². The van der Waals surface area contributed by atoms with Crippen molar-refractivity contribution in [2.45, 2.75) is 11.8 Å². The normalized spacial score (nSPS) is 10.8. The topological polar surface area (TPSA) is 96.5 Å². The van der Waals surface area contributed by atoms with E-state index in [0.29, 0.717) is 26.2 Å². The van der Waals surface area contributed by atoms with Crippen molar-refractivity contribution >= 4 is 34.0 Å². The number of ether oxygens (including phenoxy) is 1. The summed E-state index contributed by atoms with van der Waals surface area (Å²) in [6.45, 7) is 4.18. The molecule has 0 saturated heterocycles. The molecule has 0 saturated carbocycles. The summed E-state index contributed by atoms with van der Waals surface area (Å²) in [5, 5.41) is 5.89. The molecule has 0 spiro atoms. The Hall–Kier alpha value is -2.13. The van der Waals surface area contributed by atoms with E-state index < -0.39 is 10.0 Å². The number of aryl methyl sites for hydroxylation is 1. The SMILES string of the molecule is COCCNCCNC(=O)c1ccccc1NS(=O)(=O)c1ccc(C)cc1.Cl. The number of halogens is 1. The van der Waals surface area contributed by atoms with Crippen LogP contribution in [0.1, 0.15) is 15.9 Å². The van der Waals surface area contributed by atoms with Crippen molar-refractivity contribution in [1.82, 2.24) is 10.6 Å². The Kier molecular flexibility index (Phi) is 9.95. The Morgan fingerprint density at radius 2 is 1.68 bits per heavy atom.